The van der Waals surface area contributed by atoms with Gasteiger partial charge in [-0.05, 0) is 0 Å². The average molecular weight is 374 g/mol. The first kappa shape index (κ1) is 15.6. The summed E-state index contributed by atoms with van der Waals surface area (Å²) in [5, 5.41) is 18.8. The number of hydrogen-bond acceptors (Lipinski definition) is 7. The third kappa shape index (κ3) is 3.77. The van der Waals surface area contributed by atoms with Gasteiger partial charge in [0.25, 0.3) is 0 Å². The lowest BCUT2D eigenvalue weighted by Gasteiger charge is -2.41. The van der Waals surface area contributed by atoms with E-state index >= 15 is 0 Å². The van der Waals surface area contributed by atoms with Crippen LogP contribution >= 0.6 is 22.6 Å². The Hall–Kier alpha value is -0.450. The molecule has 0 spiro atoms. The SMILES string of the molecule is CC(=O)O[C@H]1[C@@H](I)[C@H](O)O[C@H](CO)[C@H]1OC(C)=O. The van der Waals surface area contributed by atoms with Crippen molar-refractivity contribution in [2.75, 3.05) is 6.61 Å². The predicted octanol–water partition coefficient (Wildman–Crippen LogP) is -0.637. The van der Waals surface area contributed by atoms with Crippen molar-refractivity contribution in [2.45, 2.75) is 42.4 Å². The van der Waals surface area contributed by atoms with Gasteiger partial charge in [0.05, 0.1) is 6.61 Å². The number of carbonyl (C=O) groups excluding carboxylic acids is 2. The van der Waals surface area contributed by atoms with Crippen molar-refractivity contribution in [3.8, 4) is 0 Å². The molecule has 2 N–H and O–H groups in total. The van der Waals surface area contributed by atoms with Crippen molar-refractivity contribution >= 4 is 34.5 Å². The first-order chi connectivity index (χ1) is 8.36. The molecule has 8 heteroatoms. The highest BCUT2D eigenvalue weighted by molar-refractivity contribution is 14.1. The lowest BCUT2D eigenvalue weighted by Crippen LogP contribution is -2.59. The van der Waals surface area contributed by atoms with E-state index in [0.717, 1.165) is 0 Å². The van der Waals surface area contributed by atoms with E-state index in [1.54, 1.807) is 0 Å². The molecule has 0 aromatic heterocycles. The van der Waals surface area contributed by atoms with Crippen molar-refractivity contribution in [3.05, 3.63) is 0 Å². The second-order valence-corrected chi connectivity index (χ2v) is 5.28. The van der Waals surface area contributed by atoms with Crippen molar-refractivity contribution in [3.63, 3.8) is 0 Å². The van der Waals surface area contributed by atoms with Gasteiger partial charge in [0.15, 0.2) is 18.5 Å². The molecule has 0 aromatic carbocycles. The molecule has 0 bridgehead atoms. The standard InChI is InChI=1S/C10H15IO7/c1-4(13)16-8-6(3-12)18-10(15)7(11)9(8)17-5(2)14/h6-10,12,15H,3H2,1-2H3/t6-,7-,8-,9+,10-/m1/s1. The molecule has 1 fully saturated rings. The number of alkyl halides is 1. The maximum absolute atomic E-state index is 11.0. The molecule has 0 aliphatic carbocycles. The summed E-state index contributed by atoms with van der Waals surface area (Å²) in [7, 11) is 0. The molecule has 0 amide bonds. The third-order valence-electron chi connectivity index (χ3n) is 2.37. The smallest absolute Gasteiger partial charge is 0.303 e. The van der Waals surface area contributed by atoms with E-state index < -0.39 is 47.1 Å². The first-order valence-corrected chi connectivity index (χ1v) is 6.54. The van der Waals surface area contributed by atoms with E-state index in [1.807, 2.05) is 22.6 Å². The highest BCUT2D eigenvalue weighted by Crippen LogP contribution is 2.30. The molecule has 5 atom stereocenters. The van der Waals surface area contributed by atoms with Gasteiger partial charge < -0.3 is 24.4 Å². The lowest BCUT2D eigenvalue weighted by atomic mass is 10.0. The van der Waals surface area contributed by atoms with Gasteiger partial charge in [0, 0.05) is 13.8 Å². The molecule has 7 nitrogen and oxygen atoms in total. The lowest BCUT2D eigenvalue weighted by molar-refractivity contribution is -0.245. The van der Waals surface area contributed by atoms with Crippen LogP contribution in [0.3, 0.4) is 0 Å². The van der Waals surface area contributed by atoms with Gasteiger partial charge >= 0.3 is 11.9 Å². The van der Waals surface area contributed by atoms with Crippen molar-refractivity contribution in [1.82, 2.24) is 0 Å². The molecule has 1 saturated heterocycles. The maximum atomic E-state index is 11.0. The van der Waals surface area contributed by atoms with E-state index in [-0.39, 0.29) is 0 Å². The Morgan fingerprint density at radius 2 is 1.72 bits per heavy atom. The topological polar surface area (TPSA) is 102 Å². The Bertz CT molecular complexity index is 305. The number of halogens is 1. The zero-order chi connectivity index (χ0) is 13.9. The Morgan fingerprint density at radius 1 is 1.22 bits per heavy atom. The van der Waals surface area contributed by atoms with Gasteiger partial charge in [-0.3, -0.25) is 9.59 Å². The first-order valence-electron chi connectivity index (χ1n) is 5.29. The fourth-order valence-corrected chi connectivity index (χ4v) is 2.42. The van der Waals surface area contributed by atoms with Crippen LogP contribution in [0, 0.1) is 0 Å². The summed E-state index contributed by atoms with van der Waals surface area (Å²) in [6, 6.07) is 0. The van der Waals surface area contributed by atoms with Crippen molar-refractivity contribution in [1.29, 1.82) is 0 Å². The minimum absolute atomic E-state index is 0.462. The Morgan fingerprint density at radius 3 is 2.17 bits per heavy atom. The van der Waals surface area contributed by atoms with Gasteiger partial charge in [0.1, 0.15) is 10.0 Å². The Labute approximate surface area is 118 Å². The largest absolute Gasteiger partial charge is 0.457 e. The number of aliphatic hydroxyl groups is 2. The van der Waals surface area contributed by atoms with Crippen molar-refractivity contribution < 1.29 is 34.0 Å². The minimum Gasteiger partial charge on any atom is -0.457 e. The van der Waals surface area contributed by atoms with Crippen LogP contribution in [0.1, 0.15) is 13.8 Å². The quantitative estimate of drug-likeness (QED) is 0.385. The molecular weight excluding hydrogens is 359 g/mol. The highest BCUT2D eigenvalue weighted by Gasteiger charge is 2.48. The van der Waals surface area contributed by atoms with Gasteiger partial charge in [-0.15, -0.1) is 0 Å². The fraction of sp³-hybridized carbons (Fsp3) is 0.800. The molecule has 1 aliphatic heterocycles. The van der Waals surface area contributed by atoms with Crippen LogP contribution in [-0.4, -0.2) is 57.3 Å². The molecule has 1 rings (SSSR count). The van der Waals surface area contributed by atoms with Crippen LogP contribution in [0.15, 0.2) is 0 Å². The van der Waals surface area contributed by atoms with E-state index in [1.165, 1.54) is 13.8 Å². The van der Waals surface area contributed by atoms with Crippen LogP contribution in [0.25, 0.3) is 0 Å². The fourth-order valence-electron chi connectivity index (χ4n) is 1.69. The van der Waals surface area contributed by atoms with E-state index in [9.17, 15) is 14.7 Å². The maximum Gasteiger partial charge on any atom is 0.303 e. The number of ether oxygens (including phenoxy) is 3. The number of aliphatic hydroxyl groups excluding tert-OH is 2. The summed E-state index contributed by atoms with van der Waals surface area (Å²) in [5.41, 5.74) is 0. The average Bonchev–Trinajstić information content (AvgIpc) is 2.27. The molecule has 0 aromatic rings. The summed E-state index contributed by atoms with van der Waals surface area (Å²) in [6.07, 6.45) is -3.95. The van der Waals surface area contributed by atoms with Gasteiger partial charge in [-0.25, -0.2) is 0 Å². The number of carbonyl (C=O) groups is 2. The number of esters is 2. The zero-order valence-electron chi connectivity index (χ0n) is 9.91. The van der Waals surface area contributed by atoms with Crippen LogP contribution in [-0.2, 0) is 23.8 Å². The third-order valence-corrected chi connectivity index (χ3v) is 3.70. The molecular formula is C10H15IO7. The zero-order valence-corrected chi connectivity index (χ0v) is 12.1. The molecule has 18 heavy (non-hydrogen) atoms. The number of hydrogen-bond donors (Lipinski definition) is 2. The van der Waals surface area contributed by atoms with Crippen LogP contribution in [0.2, 0.25) is 0 Å². The van der Waals surface area contributed by atoms with E-state index in [4.69, 9.17) is 19.3 Å². The summed E-state index contributed by atoms with van der Waals surface area (Å²) >= 11 is 1.84. The summed E-state index contributed by atoms with van der Waals surface area (Å²) in [5.74, 6) is -1.15. The van der Waals surface area contributed by atoms with Crippen LogP contribution in [0.4, 0.5) is 0 Å². The molecule has 0 radical (unpaired) electrons. The van der Waals surface area contributed by atoms with Gasteiger partial charge in [-0.2, -0.15) is 0 Å². The highest BCUT2D eigenvalue weighted by atomic mass is 127. The molecule has 104 valence electrons. The van der Waals surface area contributed by atoms with E-state index in [0.29, 0.717) is 0 Å². The van der Waals surface area contributed by atoms with Crippen LogP contribution in [0.5, 0.6) is 0 Å². The van der Waals surface area contributed by atoms with Gasteiger partial charge in [0.2, 0.25) is 0 Å². The van der Waals surface area contributed by atoms with E-state index in [2.05, 4.69) is 0 Å². The normalized spacial score (nSPS) is 35.9. The predicted molar refractivity (Wildman–Crippen MR) is 66.9 cm³/mol. The Kier molecular flexibility index (Phi) is 5.76. The summed E-state index contributed by atoms with van der Waals surface area (Å²) in [4.78, 5) is 22.1. The summed E-state index contributed by atoms with van der Waals surface area (Å²) < 4.78 is 14.6. The Balaban J connectivity index is 2.92. The van der Waals surface area contributed by atoms with Crippen LogP contribution < -0.4 is 0 Å². The van der Waals surface area contributed by atoms with Gasteiger partial charge in [-0.1, -0.05) is 22.6 Å². The molecule has 1 heterocycles. The monoisotopic (exact) mass is 374 g/mol. The molecule has 0 unspecified atom stereocenters. The minimum atomic E-state index is -1.21. The second kappa shape index (κ2) is 6.64. The summed E-state index contributed by atoms with van der Waals surface area (Å²) in [6.45, 7) is 1.95. The van der Waals surface area contributed by atoms with Crippen molar-refractivity contribution in [2.24, 2.45) is 0 Å². The molecule has 1 aliphatic rings. The number of rotatable bonds is 3. The second-order valence-electron chi connectivity index (χ2n) is 3.84. The molecule has 0 saturated carbocycles.